The number of hydrogen-bond acceptors (Lipinski definition) is 4. The third-order valence-corrected chi connectivity index (χ3v) is 6.36. The second kappa shape index (κ2) is 8.77. The average molecular weight is 484 g/mol. The van der Waals surface area contributed by atoms with Gasteiger partial charge in [-0.2, -0.15) is 26.3 Å². The van der Waals surface area contributed by atoms with Crippen molar-refractivity contribution in [2.75, 3.05) is 19.6 Å². The van der Waals surface area contributed by atoms with E-state index in [1.54, 1.807) is 18.2 Å². The number of ether oxygens (including phenoxy) is 1. The van der Waals surface area contributed by atoms with Gasteiger partial charge >= 0.3 is 18.4 Å². The third-order valence-electron chi connectivity index (χ3n) is 4.90. The van der Waals surface area contributed by atoms with Gasteiger partial charge in [0.1, 0.15) is 0 Å². The number of carbonyl (C=O) groups is 1. The molecule has 1 amide bonds. The molecule has 2 aromatic carbocycles. The Kier molecular flexibility index (Phi) is 6.61. The number of nitrogens with one attached hydrogen (secondary N) is 1. The Labute approximate surface area is 179 Å². The maximum Gasteiger partial charge on any atom is 0.434 e. The molecule has 0 spiro atoms. The largest absolute Gasteiger partial charge is 0.434 e. The maximum absolute atomic E-state index is 12.5. The minimum Gasteiger partial charge on any atom is -0.426 e. The summed E-state index contributed by atoms with van der Waals surface area (Å²) in [7, 11) is -3.82. The minimum atomic E-state index is -5.78. The Morgan fingerprint density at radius 2 is 1.62 bits per heavy atom. The number of sulfonamides is 1. The molecule has 32 heavy (non-hydrogen) atoms. The van der Waals surface area contributed by atoms with Gasteiger partial charge in [-0.1, -0.05) is 30.3 Å². The standard InChI is InChI=1S/C19H18F6N2O4S/c20-18(21,22)16(19(23,24)25)31-17(28)27-10-12(11-27)7-8-26-32(29,30)15-6-5-13-3-1-2-4-14(13)9-15/h1-6,9,12,16,26H,7-8,10-11H2. The van der Waals surface area contributed by atoms with Crippen molar-refractivity contribution in [3.8, 4) is 0 Å². The summed E-state index contributed by atoms with van der Waals surface area (Å²) >= 11 is 0. The van der Waals surface area contributed by atoms with Gasteiger partial charge in [0, 0.05) is 19.6 Å². The number of fused-ring (bicyclic) bond motifs is 1. The zero-order chi connectivity index (χ0) is 23.7. The van der Waals surface area contributed by atoms with E-state index in [4.69, 9.17) is 0 Å². The van der Waals surface area contributed by atoms with E-state index in [1.807, 2.05) is 12.1 Å². The van der Waals surface area contributed by atoms with Crippen molar-refractivity contribution in [3.05, 3.63) is 42.5 Å². The number of alkyl halides is 6. The van der Waals surface area contributed by atoms with Gasteiger partial charge in [0.15, 0.2) is 0 Å². The summed E-state index contributed by atoms with van der Waals surface area (Å²) in [6.45, 7) is -0.297. The molecule has 0 aromatic heterocycles. The summed E-state index contributed by atoms with van der Waals surface area (Å²) in [6, 6.07) is 11.8. The molecule has 1 heterocycles. The van der Waals surface area contributed by atoms with Crippen LogP contribution in [-0.2, 0) is 14.8 Å². The van der Waals surface area contributed by atoms with Gasteiger partial charge in [-0.3, -0.25) is 0 Å². The van der Waals surface area contributed by atoms with Crippen molar-refractivity contribution in [1.29, 1.82) is 0 Å². The van der Waals surface area contributed by atoms with Gasteiger partial charge in [-0.25, -0.2) is 17.9 Å². The Bertz CT molecular complexity index is 1070. The van der Waals surface area contributed by atoms with Crippen LogP contribution in [0.3, 0.4) is 0 Å². The van der Waals surface area contributed by atoms with Gasteiger partial charge in [0.25, 0.3) is 6.10 Å². The highest BCUT2D eigenvalue weighted by molar-refractivity contribution is 7.89. The first kappa shape index (κ1) is 24.1. The van der Waals surface area contributed by atoms with Crippen LogP contribution in [0, 0.1) is 5.92 Å². The van der Waals surface area contributed by atoms with Crippen molar-refractivity contribution in [3.63, 3.8) is 0 Å². The van der Waals surface area contributed by atoms with Crippen LogP contribution in [0.2, 0.25) is 0 Å². The van der Waals surface area contributed by atoms with Crippen LogP contribution in [0.5, 0.6) is 0 Å². The molecule has 2 aromatic rings. The smallest absolute Gasteiger partial charge is 0.426 e. The molecule has 0 aliphatic carbocycles. The minimum absolute atomic E-state index is 0.0174. The van der Waals surface area contributed by atoms with Crippen LogP contribution in [0.15, 0.2) is 47.4 Å². The number of carbonyl (C=O) groups excluding carboxylic acids is 1. The summed E-state index contributed by atoms with van der Waals surface area (Å²) in [4.78, 5) is 12.3. The van der Waals surface area contributed by atoms with Crippen LogP contribution >= 0.6 is 0 Å². The van der Waals surface area contributed by atoms with Gasteiger partial charge in [-0.15, -0.1) is 0 Å². The lowest BCUT2D eigenvalue weighted by atomic mass is 9.97. The zero-order valence-corrected chi connectivity index (χ0v) is 17.1. The molecule has 0 bridgehead atoms. The highest BCUT2D eigenvalue weighted by atomic mass is 32.2. The molecule has 0 radical (unpaired) electrons. The van der Waals surface area contributed by atoms with Crippen molar-refractivity contribution < 1.29 is 44.3 Å². The number of benzene rings is 2. The van der Waals surface area contributed by atoms with Gasteiger partial charge in [-0.05, 0) is 35.2 Å². The summed E-state index contributed by atoms with van der Waals surface area (Å²) in [5.74, 6) is -0.294. The molecule has 0 atom stereocenters. The Morgan fingerprint density at radius 1 is 1.03 bits per heavy atom. The highest BCUT2D eigenvalue weighted by Gasteiger charge is 2.60. The second-order valence-corrected chi connectivity index (χ2v) is 9.08. The summed E-state index contributed by atoms with van der Waals surface area (Å²) < 4.78 is 106. The fourth-order valence-corrected chi connectivity index (χ4v) is 4.29. The van der Waals surface area contributed by atoms with Gasteiger partial charge in [0.2, 0.25) is 10.0 Å². The van der Waals surface area contributed by atoms with Gasteiger partial charge < -0.3 is 9.64 Å². The fourth-order valence-electron chi connectivity index (χ4n) is 3.21. The number of amides is 1. The first-order chi connectivity index (χ1) is 14.8. The second-order valence-electron chi connectivity index (χ2n) is 7.31. The number of rotatable bonds is 6. The monoisotopic (exact) mass is 484 g/mol. The molecule has 3 rings (SSSR count). The average Bonchev–Trinajstić information content (AvgIpc) is 2.65. The van der Waals surface area contributed by atoms with Crippen LogP contribution in [0.1, 0.15) is 6.42 Å². The first-order valence-electron chi connectivity index (χ1n) is 9.35. The van der Waals surface area contributed by atoms with Crippen molar-refractivity contribution in [1.82, 2.24) is 9.62 Å². The molecule has 0 unspecified atom stereocenters. The molecule has 176 valence electrons. The fraction of sp³-hybridized carbons (Fsp3) is 0.421. The van der Waals surface area contributed by atoms with E-state index in [1.165, 1.54) is 12.1 Å². The molecule has 0 saturated carbocycles. The Balaban J connectivity index is 1.47. The predicted octanol–water partition coefficient (Wildman–Crippen LogP) is 4.07. The van der Waals surface area contributed by atoms with Gasteiger partial charge in [0.05, 0.1) is 4.90 Å². The lowest BCUT2D eigenvalue weighted by Gasteiger charge is -2.39. The SMILES string of the molecule is O=C(OC(C(F)(F)F)C(F)(F)F)N1CC(CCNS(=O)(=O)c2ccc3ccccc3c2)C1. The number of nitrogens with zero attached hydrogens (tertiary/aromatic N) is 1. The number of hydrogen-bond donors (Lipinski definition) is 1. The third kappa shape index (κ3) is 5.63. The normalized spacial score (nSPS) is 15.8. The van der Waals surface area contributed by atoms with Crippen molar-refractivity contribution in [2.45, 2.75) is 29.8 Å². The molecule has 1 aliphatic heterocycles. The van der Waals surface area contributed by atoms with Crippen LogP contribution in [0.25, 0.3) is 10.8 Å². The van der Waals surface area contributed by atoms with E-state index < -0.39 is 34.6 Å². The van der Waals surface area contributed by atoms with Crippen LogP contribution < -0.4 is 4.72 Å². The first-order valence-corrected chi connectivity index (χ1v) is 10.8. The summed E-state index contributed by atoms with van der Waals surface area (Å²) in [6.07, 6.45) is -17.2. The van der Waals surface area contributed by atoms with E-state index in [0.717, 1.165) is 10.8 Å². The zero-order valence-electron chi connectivity index (χ0n) is 16.3. The molecular weight excluding hydrogens is 466 g/mol. The number of halogens is 6. The topological polar surface area (TPSA) is 75.7 Å². The number of likely N-dealkylation sites (tertiary alicyclic amines) is 1. The highest BCUT2D eigenvalue weighted by Crippen LogP contribution is 2.36. The summed E-state index contributed by atoms with van der Waals surface area (Å²) in [5, 5.41) is 1.60. The van der Waals surface area contributed by atoms with Crippen molar-refractivity contribution in [2.24, 2.45) is 5.92 Å². The molecule has 1 fully saturated rings. The molecule has 13 heteroatoms. The van der Waals surface area contributed by atoms with E-state index in [9.17, 15) is 39.6 Å². The lowest BCUT2D eigenvalue weighted by Crippen LogP contribution is -2.54. The van der Waals surface area contributed by atoms with E-state index in [-0.39, 0.29) is 36.9 Å². The van der Waals surface area contributed by atoms with E-state index >= 15 is 0 Å². The van der Waals surface area contributed by atoms with Crippen LogP contribution in [0.4, 0.5) is 31.1 Å². The molecule has 1 aliphatic rings. The molecule has 6 nitrogen and oxygen atoms in total. The van der Waals surface area contributed by atoms with E-state index in [2.05, 4.69) is 9.46 Å². The predicted molar refractivity (Wildman–Crippen MR) is 101 cm³/mol. The lowest BCUT2D eigenvalue weighted by molar-refractivity contribution is -0.309. The molecular formula is C19H18F6N2O4S. The van der Waals surface area contributed by atoms with E-state index in [0.29, 0.717) is 4.90 Å². The van der Waals surface area contributed by atoms with Crippen LogP contribution in [-0.4, -0.2) is 57.5 Å². The Hall–Kier alpha value is -2.54. The summed E-state index contributed by atoms with van der Waals surface area (Å²) in [5.41, 5.74) is 0. The molecule has 1 saturated heterocycles. The molecule has 1 N–H and O–H groups in total. The quantitative estimate of drug-likeness (QED) is 0.628. The Morgan fingerprint density at radius 3 is 2.22 bits per heavy atom. The van der Waals surface area contributed by atoms with Crippen molar-refractivity contribution >= 4 is 26.9 Å². The maximum atomic E-state index is 12.5.